The number of nitrogen functional groups attached to an aromatic ring is 1. The van der Waals surface area contributed by atoms with Gasteiger partial charge in [0.15, 0.2) is 0 Å². The maximum atomic E-state index is 6.09. The van der Waals surface area contributed by atoms with Gasteiger partial charge >= 0.3 is 0 Å². The Labute approximate surface area is 120 Å². The number of aryl methyl sites for hydroxylation is 2. The van der Waals surface area contributed by atoms with Crippen molar-refractivity contribution in [1.29, 1.82) is 0 Å². The van der Waals surface area contributed by atoms with E-state index in [-0.39, 0.29) is 0 Å². The molecule has 0 fully saturated rings. The van der Waals surface area contributed by atoms with Gasteiger partial charge in [0.1, 0.15) is 0 Å². The summed E-state index contributed by atoms with van der Waals surface area (Å²) in [4.78, 5) is 4.42. The molecular weight excluding hydrogens is 302 g/mol. The van der Waals surface area contributed by atoms with Crippen LogP contribution in [0.5, 0.6) is 0 Å². The van der Waals surface area contributed by atoms with Crippen molar-refractivity contribution in [1.82, 2.24) is 9.55 Å². The van der Waals surface area contributed by atoms with Crippen molar-refractivity contribution in [3.63, 3.8) is 0 Å². The normalized spacial score (nSPS) is 11.1. The minimum absolute atomic E-state index is 0.516. The van der Waals surface area contributed by atoms with Crippen molar-refractivity contribution in [3.8, 4) is 5.69 Å². The van der Waals surface area contributed by atoms with Crippen LogP contribution in [0.2, 0.25) is 0 Å². The van der Waals surface area contributed by atoms with Crippen LogP contribution in [0.1, 0.15) is 11.1 Å². The number of benzene rings is 2. The second-order valence-electron chi connectivity index (χ2n) is 4.73. The molecule has 0 radical (unpaired) electrons. The molecule has 0 atom stereocenters. The van der Waals surface area contributed by atoms with Gasteiger partial charge in [0.2, 0.25) is 5.95 Å². The van der Waals surface area contributed by atoms with Crippen LogP contribution in [-0.2, 0) is 0 Å². The summed E-state index contributed by atoms with van der Waals surface area (Å²) < 4.78 is 3.02. The fraction of sp³-hybridized carbons (Fsp3) is 0.133. The Morgan fingerprint density at radius 3 is 2.68 bits per heavy atom. The largest absolute Gasteiger partial charge is 0.369 e. The second kappa shape index (κ2) is 4.38. The molecule has 19 heavy (non-hydrogen) atoms. The van der Waals surface area contributed by atoms with Crippen molar-refractivity contribution in [2.75, 3.05) is 5.73 Å². The number of rotatable bonds is 1. The van der Waals surface area contributed by atoms with Gasteiger partial charge in [-0.15, -0.1) is 0 Å². The molecule has 0 saturated carbocycles. The average Bonchev–Trinajstić information content (AvgIpc) is 2.68. The molecule has 0 unspecified atom stereocenters. The van der Waals surface area contributed by atoms with E-state index in [0.717, 1.165) is 21.2 Å². The summed E-state index contributed by atoms with van der Waals surface area (Å²) in [6.07, 6.45) is 0. The van der Waals surface area contributed by atoms with Gasteiger partial charge < -0.3 is 5.73 Å². The SMILES string of the molecule is Cc1ccc(C)c(-n2c(N)nc3ccc(Br)cc32)c1. The first-order valence-electron chi connectivity index (χ1n) is 6.07. The molecule has 4 heteroatoms. The van der Waals surface area contributed by atoms with Crippen molar-refractivity contribution in [2.45, 2.75) is 13.8 Å². The third kappa shape index (κ3) is 2.02. The Hall–Kier alpha value is -1.81. The third-order valence-electron chi connectivity index (χ3n) is 3.25. The molecule has 0 aliphatic heterocycles. The Kier molecular flexibility index (Phi) is 2.82. The zero-order valence-electron chi connectivity index (χ0n) is 10.8. The van der Waals surface area contributed by atoms with Gasteiger partial charge in [0, 0.05) is 4.47 Å². The highest BCUT2D eigenvalue weighted by atomic mass is 79.9. The minimum Gasteiger partial charge on any atom is -0.369 e. The lowest BCUT2D eigenvalue weighted by atomic mass is 10.1. The number of hydrogen-bond donors (Lipinski definition) is 1. The number of halogens is 1. The first kappa shape index (κ1) is 12.2. The summed E-state index contributed by atoms with van der Waals surface area (Å²) in [5.41, 5.74) is 11.5. The molecule has 1 heterocycles. The van der Waals surface area contributed by atoms with Crippen LogP contribution in [0.4, 0.5) is 5.95 Å². The van der Waals surface area contributed by atoms with Crippen LogP contribution in [0.15, 0.2) is 40.9 Å². The van der Waals surface area contributed by atoms with E-state index >= 15 is 0 Å². The molecule has 2 N–H and O–H groups in total. The number of hydrogen-bond acceptors (Lipinski definition) is 2. The zero-order valence-corrected chi connectivity index (χ0v) is 12.4. The van der Waals surface area contributed by atoms with Crippen molar-refractivity contribution in [3.05, 3.63) is 52.0 Å². The molecular formula is C15H14BrN3. The van der Waals surface area contributed by atoms with Crippen LogP contribution in [-0.4, -0.2) is 9.55 Å². The molecule has 0 bridgehead atoms. The standard InChI is InChI=1S/C15H14BrN3/c1-9-3-4-10(2)13(7-9)19-14-8-11(16)5-6-12(14)18-15(19)17/h3-8H,1-2H3,(H2,17,18). The molecule has 0 spiro atoms. The third-order valence-corrected chi connectivity index (χ3v) is 3.74. The van der Waals surface area contributed by atoms with Gasteiger partial charge in [0.25, 0.3) is 0 Å². The second-order valence-corrected chi connectivity index (χ2v) is 5.64. The van der Waals surface area contributed by atoms with Crippen molar-refractivity contribution in [2.24, 2.45) is 0 Å². The van der Waals surface area contributed by atoms with E-state index < -0.39 is 0 Å². The lowest BCUT2D eigenvalue weighted by molar-refractivity contribution is 1.08. The molecule has 3 rings (SSSR count). The predicted molar refractivity (Wildman–Crippen MR) is 82.7 cm³/mol. The molecule has 1 aromatic heterocycles. The van der Waals surface area contributed by atoms with E-state index in [1.54, 1.807) is 0 Å². The lowest BCUT2D eigenvalue weighted by Gasteiger charge is -2.11. The van der Waals surface area contributed by atoms with Crippen molar-refractivity contribution < 1.29 is 0 Å². The smallest absolute Gasteiger partial charge is 0.205 e. The number of fused-ring (bicyclic) bond motifs is 1. The van der Waals surface area contributed by atoms with Crippen LogP contribution in [0, 0.1) is 13.8 Å². The molecule has 0 aliphatic rings. The predicted octanol–water partition coefficient (Wildman–Crippen LogP) is 3.99. The number of nitrogens with two attached hydrogens (primary N) is 1. The number of anilines is 1. The fourth-order valence-corrected chi connectivity index (χ4v) is 2.63. The summed E-state index contributed by atoms with van der Waals surface area (Å²) >= 11 is 3.50. The van der Waals surface area contributed by atoms with Gasteiger partial charge in [0.05, 0.1) is 16.7 Å². The summed E-state index contributed by atoms with van der Waals surface area (Å²) in [6.45, 7) is 4.16. The number of imidazole rings is 1. The fourth-order valence-electron chi connectivity index (χ4n) is 2.28. The molecule has 0 saturated heterocycles. The number of nitrogens with zero attached hydrogens (tertiary/aromatic N) is 2. The van der Waals surface area contributed by atoms with Crippen LogP contribution >= 0.6 is 15.9 Å². The summed E-state index contributed by atoms with van der Waals surface area (Å²) in [5.74, 6) is 0.516. The highest BCUT2D eigenvalue weighted by molar-refractivity contribution is 9.10. The molecule has 2 aromatic carbocycles. The molecule has 0 amide bonds. The monoisotopic (exact) mass is 315 g/mol. The Morgan fingerprint density at radius 1 is 1.11 bits per heavy atom. The topological polar surface area (TPSA) is 43.8 Å². The average molecular weight is 316 g/mol. The molecule has 0 aliphatic carbocycles. The Bertz CT molecular complexity index is 774. The molecule has 3 aromatic rings. The van der Waals surface area contributed by atoms with Crippen LogP contribution < -0.4 is 5.73 Å². The maximum Gasteiger partial charge on any atom is 0.205 e. The minimum atomic E-state index is 0.516. The Balaban J connectivity index is 2.38. The summed E-state index contributed by atoms with van der Waals surface area (Å²) in [6, 6.07) is 12.3. The van der Waals surface area contributed by atoms with Gasteiger partial charge in [-0.1, -0.05) is 28.1 Å². The van der Waals surface area contributed by atoms with E-state index in [2.05, 4.69) is 53.0 Å². The first-order valence-corrected chi connectivity index (χ1v) is 6.86. The van der Waals surface area contributed by atoms with E-state index in [4.69, 9.17) is 5.73 Å². The summed E-state index contributed by atoms with van der Waals surface area (Å²) in [7, 11) is 0. The molecule has 96 valence electrons. The van der Waals surface area contributed by atoms with E-state index in [1.165, 1.54) is 11.1 Å². The maximum absolute atomic E-state index is 6.09. The first-order chi connectivity index (χ1) is 9.06. The molecule has 3 nitrogen and oxygen atoms in total. The van der Waals surface area contributed by atoms with Gasteiger partial charge in [-0.2, -0.15) is 0 Å². The van der Waals surface area contributed by atoms with Crippen LogP contribution in [0.25, 0.3) is 16.7 Å². The quantitative estimate of drug-likeness (QED) is 0.738. The van der Waals surface area contributed by atoms with Crippen molar-refractivity contribution >= 4 is 32.9 Å². The van der Waals surface area contributed by atoms with Gasteiger partial charge in [-0.05, 0) is 49.2 Å². The summed E-state index contributed by atoms with van der Waals surface area (Å²) in [5, 5.41) is 0. The van der Waals surface area contributed by atoms with Gasteiger partial charge in [-0.3, -0.25) is 4.57 Å². The zero-order chi connectivity index (χ0) is 13.6. The lowest BCUT2D eigenvalue weighted by Crippen LogP contribution is -2.02. The van der Waals surface area contributed by atoms with E-state index in [0.29, 0.717) is 5.95 Å². The van der Waals surface area contributed by atoms with E-state index in [1.807, 2.05) is 22.8 Å². The Morgan fingerprint density at radius 2 is 1.89 bits per heavy atom. The number of aromatic nitrogens is 2. The highest BCUT2D eigenvalue weighted by Crippen LogP contribution is 2.27. The highest BCUT2D eigenvalue weighted by Gasteiger charge is 2.12. The van der Waals surface area contributed by atoms with E-state index in [9.17, 15) is 0 Å². The van der Waals surface area contributed by atoms with Crippen LogP contribution in [0.3, 0.4) is 0 Å². The van der Waals surface area contributed by atoms with Gasteiger partial charge in [-0.25, -0.2) is 4.98 Å².